The van der Waals surface area contributed by atoms with Gasteiger partial charge in [0.2, 0.25) is 10.0 Å². The summed E-state index contributed by atoms with van der Waals surface area (Å²) < 4.78 is 28.5. The SMILES string of the molecule is Cc1cc2c(C(=Nc3ccc(S(=O)(=O)NCCN4CCN(C)CC4)cc3)c3ccccc3)c(O)[nH]c2cc1C(=O)O. The molecule has 1 fully saturated rings. The Hall–Kier alpha value is -4.03. The molecular formula is C30H33N5O5S. The number of nitrogens with one attached hydrogen (secondary N) is 2. The fourth-order valence-corrected chi connectivity index (χ4v) is 6.01. The van der Waals surface area contributed by atoms with Crippen LogP contribution in [0, 0.1) is 6.92 Å². The molecular weight excluding hydrogens is 542 g/mol. The number of benzene rings is 3. The Labute approximate surface area is 239 Å². The van der Waals surface area contributed by atoms with Crippen LogP contribution in [-0.4, -0.2) is 91.4 Å². The number of hydrogen-bond donors (Lipinski definition) is 4. The quantitative estimate of drug-likeness (QED) is 0.224. The van der Waals surface area contributed by atoms with Crippen molar-refractivity contribution in [3.05, 3.63) is 89.0 Å². The molecule has 2 heterocycles. The third-order valence-corrected chi connectivity index (χ3v) is 8.82. The van der Waals surface area contributed by atoms with Crippen molar-refractivity contribution in [3.63, 3.8) is 0 Å². The van der Waals surface area contributed by atoms with E-state index in [1.54, 1.807) is 25.1 Å². The van der Waals surface area contributed by atoms with Crippen LogP contribution in [0.1, 0.15) is 27.0 Å². The van der Waals surface area contributed by atoms with Gasteiger partial charge in [-0.2, -0.15) is 0 Å². The Morgan fingerprint density at radius 1 is 1.02 bits per heavy atom. The molecule has 1 aliphatic heterocycles. The van der Waals surface area contributed by atoms with Crippen molar-refractivity contribution in [2.24, 2.45) is 4.99 Å². The lowest BCUT2D eigenvalue weighted by Gasteiger charge is -2.32. The van der Waals surface area contributed by atoms with E-state index in [0.29, 0.717) is 46.5 Å². The predicted octanol–water partition coefficient (Wildman–Crippen LogP) is 3.57. The zero-order valence-corrected chi connectivity index (χ0v) is 23.8. The molecule has 0 bridgehead atoms. The molecule has 0 amide bonds. The molecule has 1 aliphatic rings. The number of aromatic carboxylic acids is 1. The van der Waals surface area contributed by atoms with Crippen molar-refractivity contribution in [3.8, 4) is 5.88 Å². The number of aromatic nitrogens is 1. The molecule has 0 atom stereocenters. The Kier molecular flexibility index (Phi) is 8.22. The summed E-state index contributed by atoms with van der Waals surface area (Å²) in [5, 5.41) is 21.1. The third kappa shape index (κ3) is 6.33. The Balaban J connectivity index is 1.43. The van der Waals surface area contributed by atoms with E-state index in [1.165, 1.54) is 18.2 Å². The number of nitrogens with zero attached hydrogens (tertiary/aromatic N) is 3. The molecule has 10 nitrogen and oxygen atoms in total. The highest BCUT2D eigenvalue weighted by Crippen LogP contribution is 2.33. The molecule has 0 spiro atoms. The van der Waals surface area contributed by atoms with Crippen molar-refractivity contribution in [2.75, 3.05) is 46.3 Å². The lowest BCUT2D eigenvalue weighted by molar-refractivity contribution is 0.0696. The second-order valence-corrected chi connectivity index (χ2v) is 12.0. The van der Waals surface area contributed by atoms with Crippen molar-refractivity contribution in [1.29, 1.82) is 0 Å². The highest BCUT2D eigenvalue weighted by atomic mass is 32.2. The number of carboxylic acids is 1. The van der Waals surface area contributed by atoms with Gasteiger partial charge >= 0.3 is 5.97 Å². The maximum atomic E-state index is 12.9. The monoisotopic (exact) mass is 575 g/mol. The number of carbonyl (C=O) groups is 1. The summed E-state index contributed by atoms with van der Waals surface area (Å²) in [6.45, 7) is 6.46. The number of likely N-dealkylation sites (N-methyl/N-ethyl adjacent to an activating group) is 1. The second-order valence-electron chi connectivity index (χ2n) is 10.2. The number of piperazine rings is 1. The van der Waals surface area contributed by atoms with Crippen molar-refractivity contribution < 1.29 is 23.4 Å². The van der Waals surface area contributed by atoms with Crippen molar-refractivity contribution in [1.82, 2.24) is 19.5 Å². The minimum Gasteiger partial charge on any atom is -0.494 e. The Morgan fingerprint density at radius 2 is 1.71 bits per heavy atom. The van der Waals surface area contributed by atoms with E-state index < -0.39 is 16.0 Å². The summed E-state index contributed by atoms with van der Waals surface area (Å²) in [6, 6.07) is 18.8. The number of aromatic amines is 1. The molecule has 0 radical (unpaired) electrons. The summed E-state index contributed by atoms with van der Waals surface area (Å²) in [7, 11) is -1.61. The van der Waals surface area contributed by atoms with E-state index in [1.807, 2.05) is 30.3 Å². The average molecular weight is 576 g/mol. The highest BCUT2D eigenvalue weighted by Gasteiger charge is 2.22. The van der Waals surface area contributed by atoms with Crippen LogP contribution >= 0.6 is 0 Å². The molecule has 4 N–H and O–H groups in total. The molecule has 3 aromatic carbocycles. The first-order chi connectivity index (χ1) is 19.6. The van der Waals surface area contributed by atoms with E-state index in [4.69, 9.17) is 4.99 Å². The fraction of sp³-hybridized carbons (Fsp3) is 0.267. The van der Waals surface area contributed by atoms with E-state index in [-0.39, 0.29) is 16.3 Å². The van der Waals surface area contributed by atoms with E-state index in [9.17, 15) is 23.4 Å². The van der Waals surface area contributed by atoms with Gasteiger partial charge in [-0.3, -0.25) is 4.90 Å². The fourth-order valence-electron chi connectivity index (χ4n) is 4.99. The molecule has 11 heteroatoms. The first-order valence-electron chi connectivity index (χ1n) is 13.4. The van der Waals surface area contributed by atoms with Gasteiger partial charge in [0, 0.05) is 55.7 Å². The number of H-pyrrole nitrogens is 1. The Bertz CT molecular complexity index is 1690. The zero-order chi connectivity index (χ0) is 29.1. The number of hydrogen-bond acceptors (Lipinski definition) is 7. The van der Waals surface area contributed by atoms with Gasteiger partial charge in [-0.25, -0.2) is 22.9 Å². The van der Waals surface area contributed by atoms with Crippen LogP contribution in [0.25, 0.3) is 10.9 Å². The third-order valence-electron chi connectivity index (χ3n) is 7.34. The van der Waals surface area contributed by atoms with Crippen molar-refractivity contribution in [2.45, 2.75) is 11.8 Å². The maximum Gasteiger partial charge on any atom is 0.336 e. The van der Waals surface area contributed by atoms with Gasteiger partial charge in [-0.15, -0.1) is 0 Å². The molecule has 1 aromatic heterocycles. The molecule has 214 valence electrons. The van der Waals surface area contributed by atoms with Gasteiger partial charge < -0.3 is 20.1 Å². The molecule has 0 saturated carbocycles. The second kappa shape index (κ2) is 11.8. The van der Waals surface area contributed by atoms with Crippen molar-refractivity contribution >= 4 is 38.3 Å². The minimum absolute atomic E-state index is 0.137. The van der Waals surface area contributed by atoms with Gasteiger partial charge in [0.1, 0.15) is 0 Å². The lowest BCUT2D eigenvalue weighted by Crippen LogP contribution is -2.46. The number of rotatable bonds is 9. The minimum atomic E-state index is -3.69. The summed E-state index contributed by atoms with van der Waals surface area (Å²) >= 11 is 0. The van der Waals surface area contributed by atoms with Crippen LogP contribution in [0.3, 0.4) is 0 Å². The largest absolute Gasteiger partial charge is 0.494 e. The number of aliphatic imine (C=N–C) groups is 1. The van der Waals surface area contributed by atoms with Crippen LogP contribution in [0.4, 0.5) is 5.69 Å². The Morgan fingerprint density at radius 3 is 2.37 bits per heavy atom. The van der Waals surface area contributed by atoms with Gasteiger partial charge in [-0.05, 0) is 55.9 Å². The summed E-state index contributed by atoms with van der Waals surface area (Å²) in [5.74, 6) is -1.20. The predicted molar refractivity (Wildman–Crippen MR) is 159 cm³/mol. The zero-order valence-electron chi connectivity index (χ0n) is 23.0. The lowest BCUT2D eigenvalue weighted by atomic mass is 9.98. The average Bonchev–Trinajstić information content (AvgIpc) is 3.27. The molecule has 0 aliphatic carbocycles. The number of sulfonamides is 1. The van der Waals surface area contributed by atoms with E-state index in [2.05, 4.69) is 26.6 Å². The summed E-state index contributed by atoms with van der Waals surface area (Å²) in [4.78, 5) is 24.0. The van der Waals surface area contributed by atoms with Crippen LogP contribution in [0.15, 0.2) is 76.6 Å². The van der Waals surface area contributed by atoms with Gasteiger partial charge in [0.25, 0.3) is 0 Å². The number of aromatic hydroxyl groups is 1. The molecule has 5 rings (SSSR count). The van der Waals surface area contributed by atoms with E-state index >= 15 is 0 Å². The van der Waals surface area contributed by atoms with E-state index in [0.717, 1.165) is 31.7 Å². The number of fused-ring (bicyclic) bond motifs is 1. The molecule has 0 unspecified atom stereocenters. The van der Waals surface area contributed by atoms with Gasteiger partial charge in [0.15, 0.2) is 5.88 Å². The van der Waals surface area contributed by atoms with Crippen LogP contribution in [0.2, 0.25) is 0 Å². The number of aryl methyl sites for hydroxylation is 1. The van der Waals surface area contributed by atoms with Gasteiger partial charge in [-0.1, -0.05) is 30.3 Å². The molecule has 4 aromatic rings. The normalized spacial score (nSPS) is 15.4. The topological polar surface area (TPSA) is 138 Å². The van der Waals surface area contributed by atoms with Crippen LogP contribution in [0.5, 0.6) is 5.88 Å². The first kappa shape index (κ1) is 28.5. The van der Waals surface area contributed by atoms with Crippen LogP contribution in [-0.2, 0) is 10.0 Å². The van der Waals surface area contributed by atoms with Crippen LogP contribution < -0.4 is 4.72 Å². The highest BCUT2D eigenvalue weighted by molar-refractivity contribution is 7.89. The smallest absolute Gasteiger partial charge is 0.336 e. The molecule has 1 saturated heterocycles. The standard InChI is InChI=1S/C30H33N5O5S/c1-20-18-25-26(19-24(20)30(37)38)33-29(36)27(25)28(21-6-4-3-5-7-21)32-22-8-10-23(11-9-22)41(39,40)31-12-13-35-16-14-34(2)15-17-35/h3-11,18-19,31,33,36H,12-17H2,1-2H3,(H,37,38). The molecule has 41 heavy (non-hydrogen) atoms. The summed E-state index contributed by atoms with van der Waals surface area (Å²) in [6.07, 6.45) is 0. The maximum absolute atomic E-state index is 12.9. The summed E-state index contributed by atoms with van der Waals surface area (Å²) in [5.41, 5.74) is 3.25. The first-order valence-corrected chi connectivity index (χ1v) is 14.8. The van der Waals surface area contributed by atoms with Gasteiger partial charge in [0.05, 0.1) is 27.4 Å². The number of carboxylic acid groups (broad SMARTS) is 1.